The fraction of sp³-hybridized carbons (Fsp3) is 0.607. The maximum absolute atomic E-state index is 12.3. The molecule has 4 rings (SSSR count). The minimum Gasteiger partial charge on any atom is -0.468 e. The summed E-state index contributed by atoms with van der Waals surface area (Å²) in [6.07, 6.45) is 1.96. The molecule has 2 aromatic rings. The number of alkyl carbamates (subject to hydrolysis) is 1. The van der Waals surface area contributed by atoms with Crippen molar-refractivity contribution in [3.63, 3.8) is 0 Å². The summed E-state index contributed by atoms with van der Waals surface area (Å²) in [6, 6.07) is 3.67. The van der Waals surface area contributed by atoms with Crippen LogP contribution in [-0.4, -0.2) is 87.1 Å². The lowest BCUT2D eigenvalue weighted by Crippen LogP contribution is -2.54. The van der Waals surface area contributed by atoms with E-state index >= 15 is 0 Å². The van der Waals surface area contributed by atoms with Gasteiger partial charge in [-0.2, -0.15) is 5.10 Å². The van der Waals surface area contributed by atoms with Gasteiger partial charge in [-0.25, -0.2) is 14.3 Å². The van der Waals surface area contributed by atoms with Crippen LogP contribution < -0.4 is 11.1 Å². The molecule has 12 nitrogen and oxygen atoms in total. The third-order valence-electron chi connectivity index (χ3n) is 6.96. The van der Waals surface area contributed by atoms with Crippen LogP contribution in [0, 0.1) is 11.8 Å². The number of ether oxygens (including phenoxy) is 4. The molecule has 2 aromatic heterocycles. The van der Waals surface area contributed by atoms with Gasteiger partial charge in [-0.3, -0.25) is 4.90 Å². The number of nitrogens with one attached hydrogen (secondary N) is 1. The van der Waals surface area contributed by atoms with Gasteiger partial charge in [-0.05, 0) is 32.9 Å². The van der Waals surface area contributed by atoms with E-state index in [1.165, 1.54) is 6.33 Å². The zero-order valence-electron chi connectivity index (χ0n) is 24.0. The van der Waals surface area contributed by atoms with Crippen LogP contribution in [0.25, 0.3) is 5.52 Å². The molecule has 2 aliphatic rings. The van der Waals surface area contributed by atoms with Crippen molar-refractivity contribution in [3.8, 4) is 0 Å². The highest BCUT2D eigenvalue weighted by atomic mass is 16.6. The quantitative estimate of drug-likeness (QED) is 0.238. The molecule has 5 atom stereocenters. The van der Waals surface area contributed by atoms with Gasteiger partial charge in [-0.1, -0.05) is 12.7 Å². The highest BCUT2D eigenvalue weighted by Crippen LogP contribution is 2.48. The topological polar surface area (TPSA) is 146 Å². The minimum atomic E-state index is -1.43. The lowest BCUT2D eigenvalue weighted by Gasteiger charge is -2.38. The van der Waals surface area contributed by atoms with Crippen molar-refractivity contribution >= 4 is 17.4 Å². The summed E-state index contributed by atoms with van der Waals surface area (Å²) in [4.78, 5) is 18.6. The lowest BCUT2D eigenvalue weighted by atomic mass is 9.84. The zero-order valence-corrected chi connectivity index (χ0v) is 24.0. The number of carbonyl (C=O) groups is 1. The van der Waals surface area contributed by atoms with Crippen LogP contribution in [0.2, 0.25) is 0 Å². The molecule has 12 heteroatoms. The van der Waals surface area contributed by atoms with Gasteiger partial charge in [0.1, 0.15) is 23.5 Å². The van der Waals surface area contributed by atoms with Crippen LogP contribution in [0.1, 0.15) is 46.4 Å². The molecular weight excluding hydrogens is 516 g/mol. The molecule has 0 aliphatic carbocycles. The van der Waals surface area contributed by atoms with E-state index in [-0.39, 0.29) is 24.0 Å². The number of aliphatic hydroxyl groups is 1. The van der Waals surface area contributed by atoms with E-state index in [4.69, 9.17) is 24.7 Å². The Balaban J connectivity index is 1.58. The van der Waals surface area contributed by atoms with E-state index in [2.05, 4.69) is 33.5 Å². The van der Waals surface area contributed by atoms with Crippen LogP contribution in [-0.2, 0) is 18.9 Å². The van der Waals surface area contributed by atoms with E-state index < -0.39 is 23.6 Å². The number of fused-ring (bicyclic) bond motifs is 1. The summed E-state index contributed by atoms with van der Waals surface area (Å²) in [7, 11) is 0. The Bertz CT molecular complexity index is 1220. The Morgan fingerprint density at radius 3 is 2.73 bits per heavy atom. The summed E-state index contributed by atoms with van der Waals surface area (Å²) in [5, 5.41) is 17.7. The second-order valence-electron chi connectivity index (χ2n) is 11.8. The normalized spacial score (nSPS) is 26.0. The summed E-state index contributed by atoms with van der Waals surface area (Å²) in [5.41, 5.74) is 6.92. The summed E-state index contributed by atoms with van der Waals surface area (Å²) >= 11 is 0. The summed E-state index contributed by atoms with van der Waals surface area (Å²) in [6.45, 7) is 19.5. The Labute approximate surface area is 235 Å². The first-order valence-corrected chi connectivity index (χ1v) is 13.5. The first kappa shape index (κ1) is 29.8. The molecule has 4 heterocycles. The summed E-state index contributed by atoms with van der Waals surface area (Å²) in [5.74, 6) is -1.27. The Hall–Kier alpha value is -3.19. The van der Waals surface area contributed by atoms with E-state index in [1.54, 1.807) is 18.4 Å². The van der Waals surface area contributed by atoms with Crippen molar-refractivity contribution in [2.75, 3.05) is 38.6 Å². The molecule has 0 spiro atoms. The number of aromatic nitrogens is 3. The predicted molar refractivity (Wildman–Crippen MR) is 149 cm³/mol. The molecule has 1 amide bonds. The third-order valence-corrected chi connectivity index (χ3v) is 6.96. The second-order valence-corrected chi connectivity index (χ2v) is 11.8. The Morgan fingerprint density at radius 1 is 1.30 bits per heavy atom. The van der Waals surface area contributed by atoms with Gasteiger partial charge >= 0.3 is 6.09 Å². The molecule has 4 N–H and O–H groups in total. The minimum absolute atomic E-state index is 0.0784. The van der Waals surface area contributed by atoms with Gasteiger partial charge in [0.15, 0.2) is 5.82 Å². The van der Waals surface area contributed by atoms with Gasteiger partial charge in [0.2, 0.25) is 5.79 Å². The van der Waals surface area contributed by atoms with Crippen molar-refractivity contribution in [3.05, 3.63) is 49.1 Å². The molecule has 0 bridgehead atoms. The van der Waals surface area contributed by atoms with Crippen molar-refractivity contribution in [1.29, 1.82) is 0 Å². The average molecular weight is 559 g/mol. The maximum atomic E-state index is 12.3. The number of nitrogen functional groups attached to an aromatic ring is 1. The number of amides is 1. The molecule has 2 saturated heterocycles. The van der Waals surface area contributed by atoms with Crippen LogP contribution in [0.4, 0.5) is 10.6 Å². The van der Waals surface area contributed by atoms with E-state index in [0.717, 1.165) is 5.69 Å². The first-order valence-electron chi connectivity index (χ1n) is 13.5. The standard InChI is InChI=1S/C28H42N6O6/c1-8-19-22(14-33-11-12-37-15-18(33)13-30-26(35)40-27(3,4)5)38-24(23(19)17(2)39-28(6,7)36)20-9-10-21-25(29)31-16-32-34(20)21/h8-10,16,18-19,22-24,36H,1-2,11-15H2,3-7H3,(H,30,35)(H2,29,31,32)/t18-,19-,22-,23-,24+/m1/s1. The highest BCUT2D eigenvalue weighted by Gasteiger charge is 2.48. The monoisotopic (exact) mass is 558 g/mol. The number of anilines is 1. The second kappa shape index (κ2) is 11.7. The van der Waals surface area contributed by atoms with Crippen LogP contribution >= 0.6 is 0 Å². The van der Waals surface area contributed by atoms with Gasteiger partial charge in [-0.15, -0.1) is 6.58 Å². The number of nitrogens with zero attached hydrogens (tertiary/aromatic N) is 4. The summed E-state index contributed by atoms with van der Waals surface area (Å²) < 4.78 is 25.4. The number of rotatable bonds is 9. The van der Waals surface area contributed by atoms with Crippen molar-refractivity contribution in [1.82, 2.24) is 24.8 Å². The first-order chi connectivity index (χ1) is 18.8. The number of hydrogen-bond donors (Lipinski definition) is 3. The lowest BCUT2D eigenvalue weighted by molar-refractivity contribution is -0.156. The fourth-order valence-corrected chi connectivity index (χ4v) is 5.34. The van der Waals surface area contributed by atoms with Crippen molar-refractivity contribution < 1.29 is 28.8 Å². The Morgan fingerprint density at radius 2 is 2.05 bits per heavy atom. The van der Waals surface area contributed by atoms with Crippen LogP contribution in [0.3, 0.4) is 0 Å². The molecule has 0 unspecified atom stereocenters. The molecule has 0 saturated carbocycles. The smallest absolute Gasteiger partial charge is 0.407 e. The van der Waals surface area contributed by atoms with E-state index in [1.807, 2.05) is 39.0 Å². The Kier molecular flexibility index (Phi) is 8.74. The number of nitrogens with two attached hydrogens (primary N) is 1. The van der Waals surface area contributed by atoms with E-state index in [0.29, 0.717) is 49.9 Å². The number of morpholine rings is 1. The average Bonchev–Trinajstić information content (AvgIpc) is 3.43. The molecule has 0 aromatic carbocycles. The SMILES string of the molecule is C=C[C@H]1[C@@H](C(=C)OC(C)(C)O)[C@H](c2ccc3c(N)ncnn23)O[C@@H]1CN1CCOC[C@H]1CNC(=O)OC(C)(C)C. The highest BCUT2D eigenvalue weighted by molar-refractivity contribution is 5.67. The maximum Gasteiger partial charge on any atom is 0.407 e. The van der Waals surface area contributed by atoms with E-state index in [9.17, 15) is 9.90 Å². The number of hydrogen-bond acceptors (Lipinski definition) is 10. The molecule has 220 valence electrons. The molecular formula is C28H42N6O6. The largest absolute Gasteiger partial charge is 0.468 e. The van der Waals surface area contributed by atoms with Crippen molar-refractivity contribution in [2.24, 2.45) is 11.8 Å². The molecule has 2 aliphatic heterocycles. The van der Waals surface area contributed by atoms with Gasteiger partial charge in [0.25, 0.3) is 0 Å². The fourth-order valence-electron chi connectivity index (χ4n) is 5.34. The van der Waals surface area contributed by atoms with Crippen molar-refractivity contribution in [2.45, 2.75) is 64.3 Å². The third kappa shape index (κ3) is 6.92. The molecule has 40 heavy (non-hydrogen) atoms. The van der Waals surface area contributed by atoms with Gasteiger partial charge in [0.05, 0.1) is 42.7 Å². The van der Waals surface area contributed by atoms with Crippen LogP contribution in [0.15, 0.2) is 43.5 Å². The molecule has 2 fully saturated rings. The van der Waals surface area contributed by atoms with Crippen LogP contribution in [0.5, 0.6) is 0 Å². The predicted octanol–water partition coefficient (Wildman–Crippen LogP) is 2.65. The van der Waals surface area contributed by atoms with Gasteiger partial charge in [0, 0.05) is 39.4 Å². The number of carbonyl (C=O) groups excluding carboxylic acids is 1. The van der Waals surface area contributed by atoms with Gasteiger partial charge < -0.3 is 35.1 Å². The molecule has 0 radical (unpaired) electrons. The zero-order chi connectivity index (χ0) is 29.2.